The van der Waals surface area contributed by atoms with Crippen molar-refractivity contribution in [3.8, 4) is 6.07 Å². The van der Waals surface area contributed by atoms with Crippen molar-refractivity contribution in [3.05, 3.63) is 59.7 Å². The molecule has 136 valence electrons. The Bertz CT molecular complexity index is 883. The van der Waals surface area contributed by atoms with Gasteiger partial charge in [-0.1, -0.05) is 25.5 Å². The molecule has 0 aliphatic carbocycles. The Kier molecular flexibility index (Phi) is 6.89. The van der Waals surface area contributed by atoms with E-state index < -0.39 is 10.0 Å². The lowest BCUT2D eigenvalue weighted by molar-refractivity contribution is 0.102. The van der Waals surface area contributed by atoms with Crippen LogP contribution in [0.3, 0.4) is 0 Å². The van der Waals surface area contributed by atoms with Gasteiger partial charge >= 0.3 is 0 Å². The molecule has 1 amide bonds. The molecule has 2 aromatic rings. The average molecular weight is 371 g/mol. The van der Waals surface area contributed by atoms with Crippen LogP contribution in [0.2, 0.25) is 0 Å². The summed E-state index contributed by atoms with van der Waals surface area (Å²) in [5, 5.41) is 11.3. The molecule has 0 aromatic heterocycles. The van der Waals surface area contributed by atoms with Gasteiger partial charge in [-0.15, -0.1) is 0 Å². The molecular weight excluding hydrogens is 350 g/mol. The highest BCUT2D eigenvalue weighted by atomic mass is 32.2. The molecule has 2 rings (SSSR count). The number of nitriles is 1. The van der Waals surface area contributed by atoms with Crippen molar-refractivity contribution in [1.82, 2.24) is 4.72 Å². The van der Waals surface area contributed by atoms with E-state index in [4.69, 9.17) is 5.26 Å². The van der Waals surface area contributed by atoms with Crippen molar-refractivity contribution in [2.24, 2.45) is 0 Å². The predicted octanol–water partition coefficient (Wildman–Crippen LogP) is 3.08. The number of nitrogens with one attached hydrogen (secondary N) is 2. The fourth-order valence-corrected chi connectivity index (χ4v) is 3.39. The smallest absolute Gasteiger partial charge is 0.255 e. The van der Waals surface area contributed by atoms with Crippen molar-refractivity contribution in [2.75, 3.05) is 11.9 Å². The Labute approximate surface area is 153 Å². The van der Waals surface area contributed by atoms with E-state index >= 15 is 0 Å². The number of rotatable bonds is 8. The van der Waals surface area contributed by atoms with Gasteiger partial charge in [-0.05, 0) is 48.4 Å². The zero-order valence-corrected chi connectivity index (χ0v) is 15.3. The summed E-state index contributed by atoms with van der Waals surface area (Å²) < 4.78 is 26.4. The lowest BCUT2D eigenvalue weighted by atomic mass is 10.1. The molecule has 26 heavy (non-hydrogen) atoms. The first-order chi connectivity index (χ1) is 12.5. The summed E-state index contributed by atoms with van der Waals surface area (Å²) in [6, 6.07) is 15.2. The highest BCUT2D eigenvalue weighted by molar-refractivity contribution is 7.89. The summed E-state index contributed by atoms with van der Waals surface area (Å²) >= 11 is 0. The first-order valence-electron chi connectivity index (χ1n) is 8.33. The standard InChI is InChI=1S/C19H21N3O3S/c1-2-4-15-5-9-17(10-6-15)22-19(23)16-7-11-18(12-8-16)26(24,25)21-14-3-13-20/h5-12,21H,2-4,14H2,1H3,(H,22,23). The van der Waals surface area contributed by atoms with Crippen molar-refractivity contribution >= 4 is 21.6 Å². The van der Waals surface area contributed by atoms with Crippen LogP contribution in [0.25, 0.3) is 0 Å². The van der Waals surface area contributed by atoms with Gasteiger partial charge in [-0.2, -0.15) is 5.26 Å². The minimum Gasteiger partial charge on any atom is -0.322 e. The van der Waals surface area contributed by atoms with Crippen LogP contribution in [0.15, 0.2) is 53.4 Å². The van der Waals surface area contributed by atoms with Gasteiger partial charge < -0.3 is 5.32 Å². The van der Waals surface area contributed by atoms with Crippen molar-refractivity contribution in [3.63, 3.8) is 0 Å². The highest BCUT2D eigenvalue weighted by Crippen LogP contribution is 2.14. The second-order valence-electron chi connectivity index (χ2n) is 5.73. The zero-order valence-electron chi connectivity index (χ0n) is 14.5. The Balaban J connectivity index is 2.03. The minimum absolute atomic E-state index is 0.0507. The van der Waals surface area contributed by atoms with Gasteiger partial charge in [0.25, 0.3) is 5.91 Å². The summed E-state index contributed by atoms with van der Waals surface area (Å²) in [6.07, 6.45) is 2.15. The number of aryl methyl sites for hydroxylation is 1. The van der Waals surface area contributed by atoms with Gasteiger partial charge in [-0.25, -0.2) is 13.1 Å². The number of amides is 1. The molecule has 7 heteroatoms. The summed E-state index contributed by atoms with van der Waals surface area (Å²) in [7, 11) is -3.68. The zero-order chi connectivity index (χ0) is 19.0. The number of carbonyl (C=O) groups is 1. The maximum atomic E-state index is 12.3. The third kappa shape index (κ3) is 5.41. The van der Waals surface area contributed by atoms with Gasteiger partial charge in [0.2, 0.25) is 10.0 Å². The topological polar surface area (TPSA) is 99.1 Å². The van der Waals surface area contributed by atoms with Crippen molar-refractivity contribution in [1.29, 1.82) is 5.26 Å². The molecule has 2 aromatic carbocycles. The second-order valence-corrected chi connectivity index (χ2v) is 7.50. The van der Waals surface area contributed by atoms with Crippen LogP contribution in [0.5, 0.6) is 0 Å². The third-order valence-electron chi connectivity index (χ3n) is 3.71. The van der Waals surface area contributed by atoms with Crippen LogP contribution < -0.4 is 10.0 Å². The molecule has 6 nitrogen and oxygen atoms in total. The molecule has 0 aliphatic heterocycles. The maximum Gasteiger partial charge on any atom is 0.255 e. The third-order valence-corrected chi connectivity index (χ3v) is 5.18. The molecule has 0 atom stereocenters. The van der Waals surface area contributed by atoms with E-state index in [1.807, 2.05) is 30.3 Å². The summed E-state index contributed by atoms with van der Waals surface area (Å²) in [6.45, 7) is 2.16. The summed E-state index contributed by atoms with van der Waals surface area (Å²) in [5.74, 6) is -0.311. The van der Waals surface area contributed by atoms with Crippen molar-refractivity contribution < 1.29 is 13.2 Å². The number of sulfonamides is 1. The number of anilines is 1. The van der Waals surface area contributed by atoms with Gasteiger partial charge in [0.1, 0.15) is 0 Å². The molecule has 2 N–H and O–H groups in total. The molecule has 0 heterocycles. The molecule has 0 spiro atoms. The molecule has 0 fully saturated rings. The van der Waals surface area contributed by atoms with Crippen molar-refractivity contribution in [2.45, 2.75) is 31.1 Å². The molecule has 0 bridgehead atoms. The van der Waals surface area contributed by atoms with E-state index in [1.165, 1.54) is 29.8 Å². The number of hydrogen-bond acceptors (Lipinski definition) is 4. The molecule has 0 unspecified atom stereocenters. The fraction of sp³-hybridized carbons (Fsp3) is 0.263. The van der Waals surface area contributed by atoms with Crippen LogP contribution in [0, 0.1) is 11.3 Å². The largest absolute Gasteiger partial charge is 0.322 e. The number of hydrogen-bond donors (Lipinski definition) is 2. The molecule has 0 radical (unpaired) electrons. The predicted molar refractivity (Wildman–Crippen MR) is 100 cm³/mol. The Morgan fingerprint density at radius 3 is 2.31 bits per heavy atom. The second kappa shape index (κ2) is 9.13. The lowest BCUT2D eigenvalue weighted by Crippen LogP contribution is -2.24. The van der Waals surface area contributed by atoms with Crippen LogP contribution in [0.4, 0.5) is 5.69 Å². The number of benzene rings is 2. The first kappa shape index (κ1) is 19.6. The van der Waals surface area contributed by atoms with Crippen LogP contribution >= 0.6 is 0 Å². The quantitative estimate of drug-likeness (QED) is 0.697. The van der Waals surface area contributed by atoms with E-state index in [9.17, 15) is 13.2 Å². The van der Waals surface area contributed by atoms with Gasteiger partial charge in [-0.3, -0.25) is 4.79 Å². The van der Waals surface area contributed by atoms with E-state index in [0.29, 0.717) is 11.3 Å². The molecule has 0 aliphatic rings. The monoisotopic (exact) mass is 371 g/mol. The van der Waals surface area contributed by atoms with E-state index in [1.54, 1.807) is 0 Å². The summed E-state index contributed by atoms with van der Waals surface area (Å²) in [4.78, 5) is 12.3. The SMILES string of the molecule is CCCc1ccc(NC(=O)c2ccc(S(=O)(=O)NCCC#N)cc2)cc1. The minimum atomic E-state index is -3.68. The van der Waals surface area contributed by atoms with Crippen LogP contribution in [-0.2, 0) is 16.4 Å². The molecule has 0 saturated heterocycles. The number of nitrogens with zero attached hydrogens (tertiary/aromatic N) is 1. The Morgan fingerprint density at radius 2 is 1.73 bits per heavy atom. The van der Waals surface area contributed by atoms with E-state index in [0.717, 1.165) is 12.8 Å². The van der Waals surface area contributed by atoms with Gasteiger partial charge in [0.15, 0.2) is 0 Å². The van der Waals surface area contributed by atoms with Crippen LogP contribution in [-0.4, -0.2) is 20.9 Å². The summed E-state index contributed by atoms with van der Waals surface area (Å²) in [5.41, 5.74) is 2.26. The van der Waals surface area contributed by atoms with E-state index in [2.05, 4.69) is 17.0 Å². The van der Waals surface area contributed by atoms with Gasteiger partial charge in [0, 0.05) is 24.2 Å². The number of carbonyl (C=O) groups excluding carboxylic acids is 1. The maximum absolute atomic E-state index is 12.3. The average Bonchev–Trinajstić information content (AvgIpc) is 2.64. The first-order valence-corrected chi connectivity index (χ1v) is 9.81. The Morgan fingerprint density at radius 1 is 1.08 bits per heavy atom. The normalized spacial score (nSPS) is 10.9. The lowest BCUT2D eigenvalue weighted by Gasteiger charge is -2.08. The Hall–Kier alpha value is -2.69. The highest BCUT2D eigenvalue weighted by Gasteiger charge is 2.14. The fourth-order valence-electron chi connectivity index (χ4n) is 2.36. The molecule has 0 saturated carbocycles. The van der Waals surface area contributed by atoms with Crippen LogP contribution in [0.1, 0.15) is 35.7 Å². The molecular formula is C19H21N3O3S. The van der Waals surface area contributed by atoms with Gasteiger partial charge in [0.05, 0.1) is 11.0 Å². The van der Waals surface area contributed by atoms with E-state index in [-0.39, 0.29) is 23.8 Å².